The number of carbonyl (C=O) groups is 2. The van der Waals surface area contributed by atoms with Gasteiger partial charge in [-0.25, -0.2) is 0 Å². The smallest absolute Gasteiger partial charge is 0.303 e. The van der Waals surface area contributed by atoms with E-state index in [4.69, 9.17) is 9.84 Å². The van der Waals surface area contributed by atoms with Crippen molar-refractivity contribution in [1.82, 2.24) is 5.32 Å². The van der Waals surface area contributed by atoms with Crippen LogP contribution in [0.3, 0.4) is 0 Å². The van der Waals surface area contributed by atoms with Crippen LogP contribution in [0.15, 0.2) is 0 Å². The summed E-state index contributed by atoms with van der Waals surface area (Å²) in [7, 11) is 0. The van der Waals surface area contributed by atoms with Crippen LogP contribution in [0.25, 0.3) is 0 Å². The Bertz CT molecular complexity index is 245. The summed E-state index contributed by atoms with van der Waals surface area (Å²) in [6, 6.07) is 0. The van der Waals surface area contributed by atoms with Gasteiger partial charge in [0.2, 0.25) is 5.91 Å². The number of carbonyl (C=O) groups excluding carboxylic acids is 1. The van der Waals surface area contributed by atoms with Crippen molar-refractivity contribution in [2.24, 2.45) is 0 Å². The van der Waals surface area contributed by atoms with Crippen molar-refractivity contribution in [1.29, 1.82) is 0 Å². The molecule has 100 valence electrons. The second-order valence-corrected chi connectivity index (χ2v) is 4.96. The van der Waals surface area contributed by atoms with Crippen molar-refractivity contribution in [2.45, 2.75) is 52.1 Å². The molecule has 0 bridgehead atoms. The maximum atomic E-state index is 11.3. The van der Waals surface area contributed by atoms with Crippen molar-refractivity contribution in [3.8, 4) is 0 Å². The van der Waals surface area contributed by atoms with Crippen LogP contribution in [0, 0.1) is 0 Å². The second kappa shape index (κ2) is 8.06. The van der Waals surface area contributed by atoms with Gasteiger partial charge in [0, 0.05) is 13.0 Å². The van der Waals surface area contributed by atoms with Crippen molar-refractivity contribution in [3.05, 3.63) is 0 Å². The maximum absolute atomic E-state index is 11.3. The van der Waals surface area contributed by atoms with Crippen LogP contribution >= 0.6 is 0 Å². The second-order valence-electron chi connectivity index (χ2n) is 4.96. The number of unbranched alkanes of at least 4 members (excludes halogenated alkanes) is 2. The number of nitrogens with one attached hydrogen (secondary N) is 1. The zero-order chi connectivity index (χ0) is 13.3. The minimum absolute atomic E-state index is 0.0681. The zero-order valence-corrected chi connectivity index (χ0v) is 10.9. The fourth-order valence-electron chi connectivity index (χ4n) is 1.14. The highest BCUT2D eigenvalue weighted by atomic mass is 16.5. The molecule has 2 N–H and O–H groups in total. The summed E-state index contributed by atoms with van der Waals surface area (Å²) >= 11 is 0. The van der Waals surface area contributed by atoms with E-state index in [1.165, 1.54) is 0 Å². The first-order valence-corrected chi connectivity index (χ1v) is 5.94. The Hall–Kier alpha value is -1.10. The minimum atomic E-state index is -0.771. The van der Waals surface area contributed by atoms with Crippen LogP contribution < -0.4 is 5.32 Å². The number of rotatable bonds is 8. The molecule has 0 saturated heterocycles. The molecule has 0 radical (unpaired) electrons. The third-order valence-corrected chi connectivity index (χ3v) is 2.03. The number of carboxylic acid groups (broad SMARTS) is 1. The lowest BCUT2D eigenvalue weighted by Crippen LogP contribution is -2.32. The summed E-state index contributed by atoms with van der Waals surface area (Å²) in [5.41, 5.74) is -0.307. The van der Waals surface area contributed by atoms with E-state index in [2.05, 4.69) is 5.32 Å². The Morgan fingerprint density at radius 2 is 1.82 bits per heavy atom. The highest BCUT2D eigenvalue weighted by Gasteiger charge is 2.12. The van der Waals surface area contributed by atoms with E-state index in [9.17, 15) is 9.59 Å². The van der Waals surface area contributed by atoms with Crippen LogP contribution in [0.2, 0.25) is 0 Å². The molecule has 5 nitrogen and oxygen atoms in total. The van der Waals surface area contributed by atoms with Crippen LogP contribution in [0.1, 0.15) is 46.5 Å². The summed E-state index contributed by atoms with van der Waals surface area (Å²) < 4.78 is 5.31. The largest absolute Gasteiger partial charge is 0.481 e. The number of aliphatic carboxylic acids is 1. The Balaban J connectivity index is 3.37. The standard InChI is InChI=1S/C12H23NO4/c1-12(2,3)17-9-10(14)13-8-6-4-5-7-11(15)16/h4-9H2,1-3H3,(H,13,14)(H,15,16). The zero-order valence-electron chi connectivity index (χ0n) is 10.9. The van der Waals surface area contributed by atoms with Gasteiger partial charge in [0.05, 0.1) is 5.60 Å². The fourth-order valence-corrected chi connectivity index (χ4v) is 1.14. The normalized spacial score (nSPS) is 11.2. The first kappa shape index (κ1) is 15.9. The number of carboxylic acids is 1. The Morgan fingerprint density at radius 3 is 2.35 bits per heavy atom. The van der Waals surface area contributed by atoms with E-state index in [0.29, 0.717) is 13.0 Å². The van der Waals surface area contributed by atoms with Crippen molar-refractivity contribution >= 4 is 11.9 Å². The summed E-state index contributed by atoms with van der Waals surface area (Å²) in [5.74, 6) is -0.897. The molecule has 17 heavy (non-hydrogen) atoms. The average molecular weight is 245 g/mol. The van der Waals surface area contributed by atoms with Gasteiger partial charge in [-0.15, -0.1) is 0 Å². The monoisotopic (exact) mass is 245 g/mol. The third kappa shape index (κ3) is 12.8. The molecule has 0 heterocycles. The van der Waals surface area contributed by atoms with Gasteiger partial charge in [-0.05, 0) is 33.6 Å². The first-order chi connectivity index (χ1) is 7.81. The molecule has 0 aliphatic rings. The highest BCUT2D eigenvalue weighted by Crippen LogP contribution is 2.05. The molecule has 0 unspecified atom stereocenters. The molecule has 0 aromatic carbocycles. The van der Waals surface area contributed by atoms with E-state index in [-0.39, 0.29) is 24.5 Å². The van der Waals surface area contributed by atoms with Gasteiger partial charge in [0.25, 0.3) is 0 Å². The van der Waals surface area contributed by atoms with Crippen LogP contribution in [-0.4, -0.2) is 35.7 Å². The summed E-state index contributed by atoms with van der Waals surface area (Å²) in [5, 5.41) is 11.2. The molecule has 0 spiro atoms. The summed E-state index contributed by atoms with van der Waals surface area (Å²) in [6.07, 6.45) is 2.46. The average Bonchev–Trinajstić information content (AvgIpc) is 2.19. The minimum Gasteiger partial charge on any atom is -0.481 e. The van der Waals surface area contributed by atoms with Crippen LogP contribution in [-0.2, 0) is 14.3 Å². The third-order valence-electron chi connectivity index (χ3n) is 2.03. The van der Waals surface area contributed by atoms with Gasteiger partial charge in [-0.1, -0.05) is 6.42 Å². The molecule has 0 fully saturated rings. The van der Waals surface area contributed by atoms with E-state index >= 15 is 0 Å². The molecule has 5 heteroatoms. The molecule has 1 amide bonds. The fraction of sp³-hybridized carbons (Fsp3) is 0.833. The number of hydrogen-bond acceptors (Lipinski definition) is 3. The molecule has 0 aromatic rings. The van der Waals surface area contributed by atoms with Gasteiger partial charge < -0.3 is 15.2 Å². The lowest BCUT2D eigenvalue weighted by Gasteiger charge is -2.18. The molecule has 0 rings (SSSR count). The first-order valence-electron chi connectivity index (χ1n) is 5.94. The Labute approximate surface area is 103 Å². The van der Waals surface area contributed by atoms with Crippen molar-refractivity contribution in [2.75, 3.05) is 13.2 Å². The van der Waals surface area contributed by atoms with E-state index < -0.39 is 5.97 Å². The molecule has 0 aliphatic heterocycles. The Morgan fingerprint density at radius 1 is 1.18 bits per heavy atom. The quantitative estimate of drug-likeness (QED) is 0.636. The molecule has 0 atom stereocenters. The SMILES string of the molecule is CC(C)(C)OCC(=O)NCCCCCC(=O)O. The predicted molar refractivity (Wildman–Crippen MR) is 64.8 cm³/mol. The lowest BCUT2D eigenvalue weighted by atomic mass is 10.2. The topological polar surface area (TPSA) is 75.6 Å². The highest BCUT2D eigenvalue weighted by molar-refractivity contribution is 5.77. The van der Waals surface area contributed by atoms with Gasteiger partial charge in [-0.2, -0.15) is 0 Å². The molecular formula is C12H23NO4. The van der Waals surface area contributed by atoms with Crippen molar-refractivity contribution < 1.29 is 19.4 Å². The molecule has 0 aromatic heterocycles. The van der Waals surface area contributed by atoms with Gasteiger partial charge in [0.1, 0.15) is 6.61 Å². The maximum Gasteiger partial charge on any atom is 0.303 e. The van der Waals surface area contributed by atoms with Gasteiger partial charge in [0.15, 0.2) is 0 Å². The van der Waals surface area contributed by atoms with E-state index in [1.807, 2.05) is 20.8 Å². The van der Waals surface area contributed by atoms with Crippen molar-refractivity contribution in [3.63, 3.8) is 0 Å². The lowest BCUT2D eigenvalue weighted by molar-refractivity contribution is -0.137. The predicted octanol–water partition coefficient (Wildman–Crippen LogP) is 1.56. The summed E-state index contributed by atoms with van der Waals surface area (Å²) in [4.78, 5) is 21.5. The van der Waals surface area contributed by atoms with E-state index in [0.717, 1.165) is 12.8 Å². The number of ether oxygens (including phenoxy) is 1. The van der Waals surface area contributed by atoms with Crippen LogP contribution in [0.5, 0.6) is 0 Å². The van der Waals surface area contributed by atoms with Crippen LogP contribution in [0.4, 0.5) is 0 Å². The molecule has 0 aliphatic carbocycles. The Kier molecular flexibility index (Phi) is 7.54. The number of hydrogen-bond donors (Lipinski definition) is 2. The molecule has 0 saturated carbocycles. The molecular weight excluding hydrogens is 222 g/mol. The van der Waals surface area contributed by atoms with Gasteiger partial charge >= 0.3 is 5.97 Å². The van der Waals surface area contributed by atoms with E-state index in [1.54, 1.807) is 0 Å². The number of amides is 1. The summed E-state index contributed by atoms with van der Waals surface area (Å²) in [6.45, 7) is 6.33. The van der Waals surface area contributed by atoms with Gasteiger partial charge in [-0.3, -0.25) is 9.59 Å².